The van der Waals surface area contributed by atoms with E-state index in [1.165, 1.54) is 13.0 Å². The van der Waals surface area contributed by atoms with Crippen LogP contribution in [0.3, 0.4) is 0 Å². The molecule has 2 fully saturated rings. The second-order valence-corrected chi connectivity index (χ2v) is 6.09. The highest BCUT2D eigenvalue weighted by molar-refractivity contribution is 5.85. The van der Waals surface area contributed by atoms with Gasteiger partial charge in [-0.2, -0.15) is 0 Å². The molecule has 0 spiro atoms. The monoisotopic (exact) mass is 287 g/mol. The molecule has 0 bridgehead atoms. The molecule has 1 atom stereocenters. The summed E-state index contributed by atoms with van der Waals surface area (Å²) < 4.78 is 0. The minimum Gasteiger partial charge on any atom is -0.325 e. The first-order valence-corrected chi connectivity index (χ1v) is 8.10. The highest BCUT2D eigenvalue weighted by Gasteiger charge is 2.37. The lowest BCUT2D eigenvalue weighted by Crippen LogP contribution is -2.46. The molecule has 114 valence electrons. The fourth-order valence-electron chi connectivity index (χ4n) is 3.51. The molecular formula is C17H25N3O. The number of carbonyl (C=O) groups excluding carboxylic acids is 1. The Morgan fingerprint density at radius 3 is 2.57 bits per heavy atom. The molecular weight excluding hydrogens is 262 g/mol. The number of nitrogens with zero attached hydrogens (tertiary/aromatic N) is 2. The van der Waals surface area contributed by atoms with E-state index in [1.807, 2.05) is 30.3 Å². The predicted octanol–water partition coefficient (Wildman–Crippen LogP) is 1.99. The van der Waals surface area contributed by atoms with Crippen LogP contribution in [0.5, 0.6) is 0 Å². The molecule has 0 aliphatic carbocycles. The molecule has 0 radical (unpaired) electrons. The molecule has 4 heteroatoms. The van der Waals surface area contributed by atoms with Gasteiger partial charge in [0.1, 0.15) is 6.04 Å². The maximum Gasteiger partial charge on any atom is 0.245 e. The molecule has 1 aromatic rings. The van der Waals surface area contributed by atoms with Crippen molar-refractivity contribution >= 4 is 5.91 Å². The molecule has 1 amide bonds. The van der Waals surface area contributed by atoms with Gasteiger partial charge in [0.2, 0.25) is 5.91 Å². The van der Waals surface area contributed by atoms with Crippen LogP contribution in [-0.2, 0) is 4.79 Å². The lowest BCUT2D eigenvalue weighted by Gasteiger charge is -2.36. The zero-order valence-electron chi connectivity index (χ0n) is 12.8. The number of hydrogen-bond donors (Lipinski definition) is 1. The number of amides is 1. The van der Waals surface area contributed by atoms with Crippen LogP contribution in [0.15, 0.2) is 30.3 Å². The highest BCUT2D eigenvalue weighted by atomic mass is 16.2. The maximum atomic E-state index is 12.7. The van der Waals surface area contributed by atoms with Crippen LogP contribution >= 0.6 is 0 Å². The Bertz CT molecular complexity index is 468. The summed E-state index contributed by atoms with van der Waals surface area (Å²) in [6.45, 7) is 6.35. The Morgan fingerprint density at radius 1 is 1.19 bits per heavy atom. The van der Waals surface area contributed by atoms with E-state index in [2.05, 4.69) is 22.0 Å². The van der Waals surface area contributed by atoms with Crippen molar-refractivity contribution in [3.8, 4) is 0 Å². The van der Waals surface area contributed by atoms with Gasteiger partial charge in [0.15, 0.2) is 0 Å². The van der Waals surface area contributed by atoms with Crippen LogP contribution in [0.2, 0.25) is 0 Å². The third-order valence-electron chi connectivity index (χ3n) is 4.67. The van der Waals surface area contributed by atoms with Crippen LogP contribution in [0.4, 0.5) is 0 Å². The summed E-state index contributed by atoms with van der Waals surface area (Å²) in [7, 11) is 0. The number of hydrogen-bond acceptors (Lipinski definition) is 3. The maximum absolute atomic E-state index is 12.7. The fraction of sp³-hybridized carbons (Fsp3) is 0.588. The normalized spacial score (nSPS) is 24.7. The summed E-state index contributed by atoms with van der Waals surface area (Å²) in [4.78, 5) is 17.2. The third-order valence-corrected chi connectivity index (χ3v) is 4.67. The van der Waals surface area contributed by atoms with Gasteiger partial charge >= 0.3 is 0 Å². The molecule has 1 unspecified atom stereocenters. The summed E-state index contributed by atoms with van der Waals surface area (Å²) in [5.74, 6) is 0.246. The Balaban J connectivity index is 1.60. The van der Waals surface area contributed by atoms with Crippen molar-refractivity contribution in [2.75, 3.05) is 26.3 Å². The average Bonchev–Trinajstić information content (AvgIpc) is 2.91. The molecule has 2 saturated heterocycles. The lowest BCUT2D eigenvalue weighted by molar-refractivity contribution is -0.131. The van der Waals surface area contributed by atoms with Gasteiger partial charge < -0.3 is 9.80 Å². The molecule has 0 saturated carbocycles. The van der Waals surface area contributed by atoms with E-state index in [4.69, 9.17) is 0 Å². The van der Waals surface area contributed by atoms with Crippen LogP contribution < -0.4 is 5.32 Å². The quantitative estimate of drug-likeness (QED) is 0.920. The minimum atomic E-state index is -0.153. The van der Waals surface area contributed by atoms with E-state index in [1.54, 1.807) is 0 Å². The van der Waals surface area contributed by atoms with Gasteiger partial charge in [-0.25, -0.2) is 0 Å². The van der Waals surface area contributed by atoms with E-state index >= 15 is 0 Å². The Kier molecular flexibility index (Phi) is 4.56. The van der Waals surface area contributed by atoms with Crippen molar-refractivity contribution in [1.29, 1.82) is 0 Å². The molecule has 2 heterocycles. The van der Waals surface area contributed by atoms with Gasteiger partial charge in [-0.3, -0.25) is 10.1 Å². The SMILES string of the molecule is CCCN1CCC(N2CNC(c3ccccc3)C2=O)CC1. The predicted molar refractivity (Wildman–Crippen MR) is 83.8 cm³/mol. The summed E-state index contributed by atoms with van der Waals surface area (Å²) in [5.41, 5.74) is 1.08. The Labute approximate surface area is 127 Å². The molecule has 0 aromatic heterocycles. The van der Waals surface area contributed by atoms with Crippen LogP contribution in [0.25, 0.3) is 0 Å². The van der Waals surface area contributed by atoms with E-state index in [-0.39, 0.29) is 11.9 Å². The number of likely N-dealkylation sites (tertiary alicyclic amines) is 1. The first-order chi connectivity index (χ1) is 10.3. The lowest BCUT2D eigenvalue weighted by atomic mass is 10.0. The van der Waals surface area contributed by atoms with Gasteiger partial charge in [0.05, 0.1) is 6.67 Å². The summed E-state index contributed by atoms with van der Waals surface area (Å²) in [6, 6.07) is 10.3. The largest absolute Gasteiger partial charge is 0.325 e. The van der Waals surface area contributed by atoms with Crippen LogP contribution in [0, 0.1) is 0 Å². The van der Waals surface area contributed by atoms with Crippen LogP contribution in [0.1, 0.15) is 37.8 Å². The second-order valence-electron chi connectivity index (χ2n) is 6.09. The summed E-state index contributed by atoms with van der Waals surface area (Å²) >= 11 is 0. The number of nitrogens with one attached hydrogen (secondary N) is 1. The number of piperidine rings is 1. The van der Waals surface area contributed by atoms with Crippen molar-refractivity contribution in [3.63, 3.8) is 0 Å². The van der Waals surface area contributed by atoms with Crippen molar-refractivity contribution in [1.82, 2.24) is 15.1 Å². The summed E-state index contributed by atoms with van der Waals surface area (Å²) in [5, 5.41) is 3.37. The topological polar surface area (TPSA) is 35.6 Å². The molecule has 2 aliphatic heterocycles. The second kappa shape index (κ2) is 6.58. The van der Waals surface area contributed by atoms with E-state index in [0.717, 1.165) is 31.5 Å². The first-order valence-electron chi connectivity index (χ1n) is 8.10. The first kappa shape index (κ1) is 14.5. The highest BCUT2D eigenvalue weighted by Crippen LogP contribution is 2.25. The van der Waals surface area contributed by atoms with Crippen molar-refractivity contribution in [3.05, 3.63) is 35.9 Å². The van der Waals surface area contributed by atoms with Crippen molar-refractivity contribution in [2.45, 2.75) is 38.3 Å². The molecule has 2 aliphatic rings. The number of rotatable bonds is 4. The Morgan fingerprint density at radius 2 is 1.90 bits per heavy atom. The van der Waals surface area contributed by atoms with Gasteiger partial charge in [-0.1, -0.05) is 37.3 Å². The van der Waals surface area contributed by atoms with E-state index in [0.29, 0.717) is 12.7 Å². The zero-order valence-corrected chi connectivity index (χ0v) is 12.8. The standard InChI is InChI=1S/C17H25N3O/c1-2-10-19-11-8-15(9-12-19)20-13-18-16(17(20)21)14-6-4-3-5-7-14/h3-7,15-16,18H,2,8-13H2,1H3. The van der Waals surface area contributed by atoms with Crippen molar-refractivity contribution in [2.24, 2.45) is 0 Å². The minimum absolute atomic E-state index is 0.153. The smallest absolute Gasteiger partial charge is 0.245 e. The van der Waals surface area contributed by atoms with Crippen LogP contribution in [-0.4, -0.2) is 48.1 Å². The summed E-state index contributed by atoms with van der Waals surface area (Å²) in [6.07, 6.45) is 3.43. The molecule has 1 aromatic carbocycles. The number of benzene rings is 1. The van der Waals surface area contributed by atoms with Gasteiger partial charge in [-0.05, 0) is 31.4 Å². The zero-order chi connectivity index (χ0) is 14.7. The number of carbonyl (C=O) groups is 1. The van der Waals surface area contributed by atoms with E-state index < -0.39 is 0 Å². The van der Waals surface area contributed by atoms with Gasteiger partial charge in [0.25, 0.3) is 0 Å². The van der Waals surface area contributed by atoms with Crippen molar-refractivity contribution < 1.29 is 4.79 Å². The van der Waals surface area contributed by atoms with Gasteiger partial charge in [-0.15, -0.1) is 0 Å². The molecule has 3 rings (SSSR count). The molecule has 4 nitrogen and oxygen atoms in total. The molecule has 21 heavy (non-hydrogen) atoms. The Hall–Kier alpha value is -1.39. The fourth-order valence-corrected chi connectivity index (χ4v) is 3.51. The van der Waals surface area contributed by atoms with Gasteiger partial charge in [0, 0.05) is 19.1 Å². The molecule has 1 N–H and O–H groups in total. The average molecular weight is 287 g/mol. The van der Waals surface area contributed by atoms with E-state index in [9.17, 15) is 4.79 Å². The third kappa shape index (κ3) is 3.11.